The van der Waals surface area contributed by atoms with Crippen LogP contribution in [0.2, 0.25) is 0 Å². The van der Waals surface area contributed by atoms with Crippen LogP contribution in [-0.4, -0.2) is 10.2 Å². The summed E-state index contributed by atoms with van der Waals surface area (Å²) in [6, 6.07) is 0. The molecular formula is C7H13N2P. The van der Waals surface area contributed by atoms with Crippen LogP contribution in [-0.2, 0) is 5.41 Å². The minimum absolute atomic E-state index is 0.208. The summed E-state index contributed by atoms with van der Waals surface area (Å²) in [6.45, 7) is 8.55. The molecule has 0 amide bonds. The van der Waals surface area contributed by atoms with E-state index in [0.29, 0.717) is 0 Å². The average molecular weight is 156 g/mol. The summed E-state index contributed by atoms with van der Waals surface area (Å²) in [6.07, 6.45) is 0. The highest BCUT2D eigenvalue weighted by atomic mass is 31.0. The Morgan fingerprint density at radius 3 is 2.00 bits per heavy atom. The van der Waals surface area contributed by atoms with Crippen LogP contribution in [0.15, 0.2) is 0 Å². The van der Waals surface area contributed by atoms with E-state index in [0.717, 1.165) is 13.6 Å². The van der Waals surface area contributed by atoms with Crippen molar-refractivity contribution in [1.29, 1.82) is 0 Å². The monoisotopic (exact) mass is 156 g/mol. The summed E-state index contributed by atoms with van der Waals surface area (Å²) in [5.41, 5.74) is 2.59. The molecule has 0 saturated heterocycles. The summed E-state index contributed by atoms with van der Waals surface area (Å²) in [4.78, 5) is 0. The zero-order valence-electron chi connectivity index (χ0n) is 6.89. The van der Waals surface area contributed by atoms with Gasteiger partial charge in [0.1, 0.15) is 0 Å². The molecule has 0 aliphatic rings. The Labute approximate surface area is 63.2 Å². The quantitative estimate of drug-likeness (QED) is 0.575. The predicted octanol–water partition coefficient (Wildman–Crippen LogP) is 2.11. The van der Waals surface area contributed by atoms with Gasteiger partial charge in [-0.2, -0.15) is 10.2 Å². The molecule has 0 aliphatic heterocycles. The van der Waals surface area contributed by atoms with Crippen molar-refractivity contribution in [2.75, 3.05) is 0 Å². The number of hydrogen-bond acceptors (Lipinski definition) is 2. The maximum absolute atomic E-state index is 4.10. The lowest BCUT2D eigenvalue weighted by atomic mass is 9.98. The Kier molecular flexibility index (Phi) is 1.82. The van der Waals surface area contributed by atoms with Gasteiger partial charge in [-0.1, -0.05) is 29.0 Å². The lowest BCUT2D eigenvalue weighted by molar-refractivity contribution is 0.578. The molecule has 0 aromatic carbocycles. The predicted molar refractivity (Wildman–Crippen MR) is 45.0 cm³/mol. The van der Waals surface area contributed by atoms with E-state index in [2.05, 4.69) is 31.0 Å². The molecule has 1 aromatic rings. The van der Waals surface area contributed by atoms with Gasteiger partial charge in [0.25, 0.3) is 0 Å². The van der Waals surface area contributed by atoms with E-state index in [1.165, 1.54) is 5.43 Å². The van der Waals surface area contributed by atoms with Crippen molar-refractivity contribution in [1.82, 2.24) is 10.2 Å². The van der Waals surface area contributed by atoms with E-state index in [9.17, 15) is 0 Å². The van der Waals surface area contributed by atoms with Gasteiger partial charge in [-0.05, 0) is 6.92 Å². The molecule has 1 rings (SSSR count). The van der Waals surface area contributed by atoms with Gasteiger partial charge >= 0.3 is 0 Å². The molecule has 1 aromatic heterocycles. The molecule has 2 nitrogen and oxygen atoms in total. The van der Waals surface area contributed by atoms with Crippen molar-refractivity contribution in [2.24, 2.45) is 0 Å². The van der Waals surface area contributed by atoms with Gasteiger partial charge in [-0.25, -0.2) is 0 Å². The first kappa shape index (κ1) is 7.74. The van der Waals surface area contributed by atoms with Crippen LogP contribution in [0, 0.1) is 6.92 Å². The molecule has 0 radical (unpaired) electrons. The third-order valence-corrected chi connectivity index (χ3v) is 2.86. The molecular weight excluding hydrogens is 143 g/mol. The molecule has 0 fully saturated rings. The molecule has 1 unspecified atom stereocenters. The largest absolute Gasteiger partial charge is 0.151 e. The third-order valence-electron chi connectivity index (χ3n) is 1.31. The van der Waals surface area contributed by atoms with Crippen LogP contribution in [0.3, 0.4) is 0 Å². The second-order valence-electron chi connectivity index (χ2n) is 3.51. The van der Waals surface area contributed by atoms with Crippen LogP contribution in [0.1, 0.15) is 31.6 Å². The van der Waals surface area contributed by atoms with Crippen LogP contribution in [0.25, 0.3) is 0 Å². The molecule has 1 heterocycles. The first-order valence-corrected chi connectivity index (χ1v) is 4.40. The first-order valence-electron chi connectivity index (χ1n) is 3.40. The van der Waals surface area contributed by atoms with E-state index < -0.39 is 0 Å². The van der Waals surface area contributed by atoms with Crippen molar-refractivity contribution in [3.63, 3.8) is 0 Å². The second kappa shape index (κ2) is 2.35. The molecule has 56 valence electrons. The van der Waals surface area contributed by atoms with Gasteiger partial charge in [0.05, 0.1) is 10.9 Å². The maximum atomic E-state index is 4.10. The van der Waals surface area contributed by atoms with Crippen molar-refractivity contribution < 1.29 is 0 Å². The highest BCUT2D eigenvalue weighted by Gasteiger charge is 2.16. The standard InChI is InChI=1S/C7H13N2P/c1-5-8-9-6(10-5)7(2,3)4/h10H,1-4H3. The summed E-state index contributed by atoms with van der Waals surface area (Å²) in [5.74, 6) is 0. The number of aromatic nitrogens is 2. The van der Waals surface area contributed by atoms with E-state index in [-0.39, 0.29) is 5.41 Å². The van der Waals surface area contributed by atoms with Gasteiger partial charge in [0, 0.05) is 5.41 Å². The van der Waals surface area contributed by atoms with Gasteiger partial charge in [0.15, 0.2) is 0 Å². The molecule has 3 heteroatoms. The van der Waals surface area contributed by atoms with E-state index in [1.807, 2.05) is 6.92 Å². The lowest BCUT2D eigenvalue weighted by Gasteiger charge is -2.13. The number of rotatable bonds is 0. The summed E-state index contributed by atoms with van der Waals surface area (Å²) >= 11 is 0. The normalized spacial score (nSPS) is 12.8. The maximum Gasteiger partial charge on any atom is 0.0858 e. The molecule has 10 heavy (non-hydrogen) atoms. The summed E-state index contributed by atoms with van der Waals surface area (Å²) < 4.78 is 0. The molecule has 1 atom stereocenters. The minimum atomic E-state index is 0.208. The SMILES string of the molecule is Cc1nnc(C(C)(C)C)[pH]1. The fourth-order valence-corrected chi connectivity index (χ4v) is 1.60. The molecule has 0 aliphatic carbocycles. The van der Waals surface area contributed by atoms with Crippen molar-refractivity contribution in [2.45, 2.75) is 33.1 Å². The van der Waals surface area contributed by atoms with Gasteiger partial charge in [-0.3, -0.25) is 0 Å². The van der Waals surface area contributed by atoms with E-state index in [1.54, 1.807) is 0 Å². The second-order valence-corrected chi connectivity index (χ2v) is 4.96. The molecule has 0 spiro atoms. The highest BCUT2D eigenvalue weighted by Crippen LogP contribution is 2.28. The van der Waals surface area contributed by atoms with Crippen LogP contribution in [0.4, 0.5) is 0 Å². The van der Waals surface area contributed by atoms with Gasteiger partial charge < -0.3 is 0 Å². The smallest absolute Gasteiger partial charge is 0.0858 e. The van der Waals surface area contributed by atoms with Crippen LogP contribution < -0.4 is 0 Å². The minimum Gasteiger partial charge on any atom is -0.151 e. The Balaban J connectivity index is 2.96. The average Bonchev–Trinajstić information content (AvgIpc) is 2.11. The fourth-order valence-electron chi connectivity index (χ4n) is 0.684. The number of hydrogen-bond donors (Lipinski definition) is 0. The van der Waals surface area contributed by atoms with Crippen molar-refractivity contribution in [3.05, 3.63) is 10.9 Å². The highest BCUT2D eigenvalue weighted by molar-refractivity contribution is 7.31. The Morgan fingerprint density at radius 2 is 1.80 bits per heavy atom. The fraction of sp³-hybridized carbons (Fsp3) is 0.714. The van der Waals surface area contributed by atoms with E-state index >= 15 is 0 Å². The summed E-state index contributed by atoms with van der Waals surface area (Å²) in [7, 11) is 0.725. The Hall–Kier alpha value is -0.360. The number of aryl methyl sites for hydroxylation is 1. The Bertz CT molecular complexity index is 222. The third kappa shape index (κ3) is 1.57. The van der Waals surface area contributed by atoms with Crippen LogP contribution >= 0.6 is 8.19 Å². The number of nitrogens with zero attached hydrogens (tertiary/aromatic N) is 2. The molecule has 0 N–H and O–H groups in total. The molecule has 0 bridgehead atoms. The topological polar surface area (TPSA) is 25.8 Å². The lowest BCUT2D eigenvalue weighted by Crippen LogP contribution is -2.09. The van der Waals surface area contributed by atoms with Crippen molar-refractivity contribution in [3.8, 4) is 0 Å². The van der Waals surface area contributed by atoms with Gasteiger partial charge in [0.2, 0.25) is 0 Å². The summed E-state index contributed by atoms with van der Waals surface area (Å²) in [5, 5.41) is 8.11. The zero-order chi connectivity index (χ0) is 7.78. The van der Waals surface area contributed by atoms with E-state index in [4.69, 9.17) is 0 Å². The molecule has 0 saturated carbocycles. The Morgan fingerprint density at radius 1 is 1.20 bits per heavy atom. The first-order chi connectivity index (χ1) is 4.50. The zero-order valence-corrected chi connectivity index (χ0v) is 7.89. The van der Waals surface area contributed by atoms with Crippen LogP contribution in [0.5, 0.6) is 0 Å². The van der Waals surface area contributed by atoms with Gasteiger partial charge in [-0.15, -0.1) is 0 Å². The van der Waals surface area contributed by atoms with Crippen molar-refractivity contribution >= 4 is 8.19 Å².